The van der Waals surface area contributed by atoms with Gasteiger partial charge in [0.05, 0.1) is 12.3 Å². The summed E-state index contributed by atoms with van der Waals surface area (Å²) in [6, 6.07) is 0.743. The summed E-state index contributed by atoms with van der Waals surface area (Å²) in [6.07, 6.45) is 3.86. The van der Waals surface area contributed by atoms with E-state index in [4.69, 9.17) is 0 Å². The van der Waals surface area contributed by atoms with E-state index in [0.29, 0.717) is 0 Å². The van der Waals surface area contributed by atoms with Gasteiger partial charge in [0.2, 0.25) is 0 Å². The van der Waals surface area contributed by atoms with Crippen LogP contribution in [0.1, 0.15) is 30.5 Å². The number of aliphatic hydroxyl groups is 1. The minimum Gasteiger partial charge on any atom is -0.391 e. The number of aromatic nitrogens is 2. The third-order valence-electron chi connectivity index (χ3n) is 5.12. The number of aliphatic hydroxyl groups excluding tert-OH is 1. The van der Waals surface area contributed by atoms with E-state index in [0.717, 1.165) is 42.1 Å². The van der Waals surface area contributed by atoms with E-state index >= 15 is 0 Å². The summed E-state index contributed by atoms with van der Waals surface area (Å²) in [5.41, 5.74) is 1.95. The number of aryl methyl sites for hydroxylation is 2. The predicted molar refractivity (Wildman–Crippen MR) is 79.8 cm³/mol. The van der Waals surface area contributed by atoms with Gasteiger partial charge in [-0.25, -0.2) is 0 Å². The molecule has 5 heteroatoms. The molecule has 2 aliphatic rings. The smallest absolute Gasteiger partial charge is 0.132 e. The Hall–Kier alpha value is -1.07. The van der Waals surface area contributed by atoms with E-state index in [2.05, 4.69) is 21.9 Å². The zero-order valence-corrected chi connectivity index (χ0v) is 12.8. The Balaban J connectivity index is 1.83. The molecule has 0 bridgehead atoms. The molecule has 0 aliphatic carbocycles. The third-order valence-corrected chi connectivity index (χ3v) is 5.12. The van der Waals surface area contributed by atoms with Crippen molar-refractivity contribution in [2.24, 2.45) is 13.0 Å². The Labute approximate surface area is 121 Å². The first kappa shape index (κ1) is 13.9. The van der Waals surface area contributed by atoms with Gasteiger partial charge in [0.1, 0.15) is 5.82 Å². The Bertz CT molecular complexity index is 484. The Kier molecular flexibility index (Phi) is 3.73. The van der Waals surface area contributed by atoms with Gasteiger partial charge in [0.25, 0.3) is 0 Å². The summed E-state index contributed by atoms with van der Waals surface area (Å²) in [7, 11) is 4.25. The second-order valence-electron chi connectivity index (χ2n) is 6.35. The van der Waals surface area contributed by atoms with E-state index in [1.165, 1.54) is 25.8 Å². The number of nitrogens with zero attached hydrogens (tertiary/aromatic N) is 4. The number of fused-ring (bicyclic) bond motifs is 1. The van der Waals surface area contributed by atoms with Crippen LogP contribution in [0.25, 0.3) is 0 Å². The molecule has 1 aromatic heterocycles. The van der Waals surface area contributed by atoms with E-state index in [-0.39, 0.29) is 6.61 Å². The fraction of sp³-hybridized carbons (Fsp3) is 0.800. The van der Waals surface area contributed by atoms with Crippen LogP contribution < -0.4 is 4.90 Å². The molecule has 1 N–H and O–H groups in total. The lowest BCUT2D eigenvalue weighted by Crippen LogP contribution is -2.53. The highest BCUT2D eigenvalue weighted by Crippen LogP contribution is 2.33. The van der Waals surface area contributed by atoms with Gasteiger partial charge in [0, 0.05) is 31.7 Å². The number of piperidine rings is 2. The molecule has 3 heterocycles. The normalized spacial score (nSPS) is 27.7. The molecule has 0 saturated carbocycles. The van der Waals surface area contributed by atoms with E-state index < -0.39 is 0 Å². The average Bonchev–Trinajstić information content (AvgIpc) is 2.72. The maximum absolute atomic E-state index is 9.63. The molecule has 2 aliphatic heterocycles. The minimum atomic E-state index is 0.0828. The molecule has 2 saturated heterocycles. The van der Waals surface area contributed by atoms with Crippen molar-refractivity contribution >= 4 is 5.82 Å². The number of anilines is 1. The van der Waals surface area contributed by atoms with Crippen LogP contribution in [0, 0.1) is 12.8 Å². The molecule has 0 spiro atoms. The number of hydrogen-bond donors (Lipinski definition) is 1. The molecule has 20 heavy (non-hydrogen) atoms. The summed E-state index contributed by atoms with van der Waals surface area (Å²) < 4.78 is 1.94. The van der Waals surface area contributed by atoms with Crippen LogP contribution in [-0.2, 0) is 13.7 Å². The van der Waals surface area contributed by atoms with Crippen LogP contribution in [0.3, 0.4) is 0 Å². The van der Waals surface area contributed by atoms with Crippen molar-refractivity contribution in [3.63, 3.8) is 0 Å². The maximum atomic E-state index is 9.63. The molecule has 1 aromatic rings. The van der Waals surface area contributed by atoms with E-state index in [9.17, 15) is 5.11 Å². The Morgan fingerprint density at radius 2 is 2.05 bits per heavy atom. The first-order valence-corrected chi connectivity index (χ1v) is 7.70. The highest BCUT2D eigenvalue weighted by atomic mass is 16.3. The second kappa shape index (κ2) is 5.37. The van der Waals surface area contributed by atoms with E-state index in [1.807, 2.05) is 18.7 Å². The van der Waals surface area contributed by atoms with Crippen molar-refractivity contribution in [1.29, 1.82) is 0 Å². The monoisotopic (exact) mass is 278 g/mol. The van der Waals surface area contributed by atoms with Crippen LogP contribution in [0.5, 0.6) is 0 Å². The molecule has 0 radical (unpaired) electrons. The molecule has 2 fully saturated rings. The van der Waals surface area contributed by atoms with Crippen molar-refractivity contribution in [3.05, 3.63) is 11.3 Å². The minimum absolute atomic E-state index is 0.0828. The van der Waals surface area contributed by atoms with Gasteiger partial charge in [-0.15, -0.1) is 0 Å². The van der Waals surface area contributed by atoms with Crippen LogP contribution in [0.2, 0.25) is 0 Å². The Morgan fingerprint density at radius 3 is 2.80 bits per heavy atom. The van der Waals surface area contributed by atoms with Crippen molar-refractivity contribution in [3.8, 4) is 0 Å². The quantitative estimate of drug-likeness (QED) is 0.881. The second-order valence-corrected chi connectivity index (χ2v) is 6.35. The summed E-state index contributed by atoms with van der Waals surface area (Å²) in [5.74, 6) is 1.88. The molecule has 2 unspecified atom stereocenters. The first-order valence-electron chi connectivity index (χ1n) is 7.70. The lowest BCUT2D eigenvalue weighted by atomic mass is 9.84. The van der Waals surface area contributed by atoms with E-state index in [1.54, 1.807) is 0 Å². The number of rotatable bonds is 2. The SMILES string of the molecule is Cc1nn(C)c(N2CCC3C(CCCN3C)C2)c1CO. The van der Waals surface area contributed by atoms with Gasteiger partial charge in [-0.1, -0.05) is 0 Å². The van der Waals surface area contributed by atoms with Gasteiger partial charge in [0.15, 0.2) is 0 Å². The molecule has 3 rings (SSSR count). The third kappa shape index (κ3) is 2.23. The van der Waals surface area contributed by atoms with Crippen LogP contribution in [0.4, 0.5) is 5.82 Å². The van der Waals surface area contributed by atoms with Gasteiger partial charge in [-0.05, 0) is 45.7 Å². The predicted octanol–water partition coefficient (Wildman–Crippen LogP) is 1.14. The summed E-state index contributed by atoms with van der Waals surface area (Å²) >= 11 is 0. The molecular weight excluding hydrogens is 252 g/mol. The highest BCUT2D eigenvalue weighted by Gasteiger charge is 2.35. The molecule has 2 atom stereocenters. The van der Waals surface area contributed by atoms with Crippen molar-refractivity contribution in [2.75, 3.05) is 31.6 Å². The first-order chi connectivity index (χ1) is 9.61. The largest absolute Gasteiger partial charge is 0.391 e. The fourth-order valence-corrected chi connectivity index (χ4v) is 4.12. The molecule has 5 nitrogen and oxygen atoms in total. The maximum Gasteiger partial charge on any atom is 0.132 e. The van der Waals surface area contributed by atoms with Gasteiger partial charge >= 0.3 is 0 Å². The summed E-state index contributed by atoms with van der Waals surface area (Å²) in [6.45, 7) is 5.47. The lowest BCUT2D eigenvalue weighted by Gasteiger charge is -2.46. The molecule has 0 amide bonds. The van der Waals surface area contributed by atoms with Crippen molar-refractivity contribution in [2.45, 2.75) is 38.8 Å². The van der Waals surface area contributed by atoms with Gasteiger partial charge in [-0.2, -0.15) is 5.10 Å². The van der Waals surface area contributed by atoms with Gasteiger partial charge < -0.3 is 14.9 Å². The number of hydrogen-bond acceptors (Lipinski definition) is 4. The fourth-order valence-electron chi connectivity index (χ4n) is 4.12. The van der Waals surface area contributed by atoms with Crippen LogP contribution in [0.15, 0.2) is 0 Å². The molecule has 0 aromatic carbocycles. The molecule has 112 valence electrons. The zero-order valence-electron chi connectivity index (χ0n) is 12.8. The summed E-state index contributed by atoms with van der Waals surface area (Å²) in [4.78, 5) is 4.97. The highest BCUT2D eigenvalue weighted by molar-refractivity contribution is 5.50. The van der Waals surface area contributed by atoms with Crippen LogP contribution in [-0.4, -0.2) is 52.5 Å². The van der Waals surface area contributed by atoms with Crippen molar-refractivity contribution in [1.82, 2.24) is 14.7 Å². The average molecular weight is 278 g/mol. The van der Waals surface area contributed by atoms with Crippen LogP contribution >= 0.6 is 0 Å². The van der Waals surface area contributed by atoms with Crippen molar-refractivity contribution < 1.29 is 5.11 Å². The number of likely N-dealkylation sites (tertiary alicyclic amines) is 1. The molecular formula is C15H26N4O. The lowest BCUT2D eigenvalue weighted by molar-refractivity contribution is 0.102. The standard InChI is InChI=1S/C15H26N4O/c1-11-13(10-20)15(18(3)16-11)19-8-6-14-12(9-19)5-4-7-17(14)2/h12,14,20H,4-10H2,1-3H3. The van der Waals surface area contributed by atoms with Gasteiger partial charge in [-0.3, -0.25) is 4.68 Å². The summed E-state index contributed by atoms with van der Waals surface area (Å²) in [5, 5.41) is 14.1. The Morgan fingerprint density at radius 1 is 1.25 bits per heavy atom. The topological polar surface area (TPSA) is 44.5 Å². The zero-order chi connectivity index (χ0) is 14.3.